The molecular weight excluding hydrogens is 306 g/mol. The van der Waals surface area contributed by atoms with Gasteiger partial charge in [-0.15, -0.1) is 23.1 Å². The van der Waals surface area contributed by atoms with Gasteiger partial charge in [-0.25, -0.2) is 0 Å². The monoisotopic (exact) mass is 325 g/mol. The van der Waals surface area contributed by atoms with Gasteiger partial charge in [-0.1, -0.05) is 0 Å². The van der Waals surface area contributed by atoms with Crippen molar-refractivity contribution in [3.8, 4) is 0 Å². The van der Waals surface area contributed by atoms with Crippen molar-refractivity contribution in [2.24, 2.45) is 0 Å². The molecule has 0 bridgehead atoms. The lowest BCUT2D eigenvalue weighted by molar-refractivity contribution is 0.0968. The summed E-state index contributed by atoms with van der Waals surface area (Å²) in [6.07, 6.45) is 5.78. The van der Waals surface area contributed by atoms with Crippen molar-refractivity contribution in [2.45, 2.75) is 18.4 Å². The number of nitrogens with one attached hydrogen (secondary N) is 2. The van der Waals surface area contributed by atoms with Gasteiger partial charge in [0.1, 0.15) is 9.88 Å². The maximum absolute atomic E-state index is 11.8. The van der Waals surface area contributed by atoms with Gasteiger partial charge in [-0.3, -0.25) is 9.48 Å². The molecule has 4 N–H and O–H groups in total. The lowest BCUT2D eigenvalue weighted by atomic mass is 10.3. The molecule has 2 aromatic rings. The van der Waals surface area contributed by atoms with Crippen LogP contribution < -0.4 is 16.4 Å². The van der Waals surface area contributed by atoms with E-state index in [0.717, 1.165) is 28.5 Å². The molecule has 0 atom stereocenters. The number of hydrogen-bond donors (Lipinski definition) is 3. The highest BCUT2D eigenvalue weighted by Gasteiger charge is 2.19. The predicted octanol–water partition coefficient (Wildman–Crippen LogP) is 2.03. The van der Waals surface area contributed by atoms with Gasteiger partial charge < -0.3 is 16.4 Å². The first-order valence-corrected chi connectivity index (χ1v) is 8.52. The molecule has 0 fully saturated rings. The molecule has 21 heavy (non-hydrogen) atoms. The number of hydrogen-bond acceptors (Lipinski definition) is 6. The summed E-state index contributed by atoms with van der Waals surface area (Å²) in [6, 6.07) is 0. The summed E-state index contributed by atoms with van der Waals surface area (Å²) in [5.74, 6) is -0.149. The van der Waals surface area contributed by atoms with Crippen molar-refractivity contribution in [2.75, 3.05) is 30.9 Å². The molecule has 2 aromatic heterocycles. The Morgan fingerprint density at radius 1 is 1.57 bits per heavy atom. The zero-order valence-corrected chi connectivity index (χ0v) is 13.9. The van der Waals surface area contributed by atoms with E-state index >= 15 is 0 Å². The van der Waals surface area contributed by atoms with Crippen LogP contribution in [0.25, 0.3) is 0 Å². The third-order valence-corrected chi connectivity index (χ3v) is 5.05. The van der Waals surface area contributed by atoms with Gasteiger partial charge in [0.25, 0.3) is 5.91 Å². The maximum atomic E-state index is 11.8. The van der Waals surface area contributed by atoms with E-state index in [1.165, 1.54) is 11.3 Å². The number of amides is 1. The fourth-order valence-corrected chi connectivity index (χ4v) is 3.91. The van der Waals surface area contributed by atoms with E-state index in [4.69, 9.17) is 5.73 Å². The van der Waals surface area contributed by atoms with Gasteiger partial charge in [0.2, 0.25) is 0 Å². The Labute approximate surface area is 132 Å². The third kappa shape index (κ3) is 3.51. The SMILES string of the molecule is CNC(=O)c1sc(NCCn2cc(C)cn2)c(SC)c1N. The Kier molecular flexibility index (Phi) is 5.13. The molecule has 1 amide bonds. The average molecular weight is 325 g/mol. The minimum Gasteiger partial charge on any atom is -0.396 e. The van der Waals surface area contributed by atoms with Crippen LogP contribution in [0.3, 0.4) is 0 Å². The second-order valence-corrected chi connectivity index (χ2v) is 6.33. The average Bonchev–Trinajstić information content (AvgIpc) is 3.02. The Morgan fingerprint density at radius 2 is 2.33 bits per heavy atom. The molecule has 0 saturated heterocycles. The molecule has 0 unspecified atom stereocenters. The van der Waals surface area contributed by atoms with Crippen molar-refractivity contribution in [1.82, 2.24) is 15.1 Å². The molecule has 8 heteroatoms. The highest BCUT2D eigenvalue weighted by atomic mass is 32.2. The summed E-state index contributed by atoms with van der Waals surface area (Å²) in [5, 5.41) is 11.1. The van der Waals surface area contributed by atoms with Gasteiger partial charge in [0.05, 0.1) is 23.3 Å². The van der Waals surface area contributed by atoms with Gasteiger partial charge in [-0.2, -0.15) is 5.10 Å². The molecule has 0 radical (unpaired) electrons. The van der Waals surface area contributed by atoms with Gasteiger partial charge >= 0.3 is 0 Å². The molecule has 2 heterocycles. The van der Waals surface area contributed by atoms with E-state index in [1.54, 1.807) is 18.8 Å². The largest absolute Gasteiger partial charge is 0.396 e. The summed E-state index contributed by atoms with van der Waals surface area (Å²) in [5.41, 5.74) is 7.73. The molecule has 0 spiro atoms. The van der Waals surface area contributed by atoms with Crippen LogP contribution in [0.15, 0.2) is 17.3 Å². The van der Waals surface area contributed by atoms with E-state index in [1.807, 2.05) is 30.3 Å². The Balaban J connectivity index is 2.07. The number of nitrogens with two attached hydrogens (primary N) is 1. The number of carbonyl (C=O) groups is 1. The molecule has 2 rings (SSSR count). The second kappa shape index (κ2) is 6.86. The Hall–Kier alpha value is -1.67. The van der Waals surface area contributed by atoms with Crippen molar-refractivity contribution in [3.63, 3.8) is 0 Å². The maximum Gasteiger partial charge on any atom is 0.263 e. The summed E-state index contributed by atoms with van der Waals surface area (Å²) >= 11 is 2.93. The molecular formula is C13H19N5OS2. The van der Waals surface area contributed by atoms with Gasteiger partial charge in [0, 0.05) is 19.8 Å². The van der Waals surface area contributed by atoms with E-state index in [0.29, 0.717) is 10.6 Å². The second-order valence-electron chi connectivity index (χ2n) is 4.49. The lowest BCUT2D eigenvalue weighted by Gasteiger charge is -2.06. The number of nitrogens with zero attached hydrogens (tertiary/aromatic N) is 2. The molecule has 0 aromatic carbocycles. The van der Waals surface area contributed by atoms with Crippen molar-refractivity contribution in [3.05, 3.63) is 22.8 Å². The standard InChI is InChI=1S/C13H19N5OS2/c1-8-6-17-18(7-8)5-4-16-13-11(20-3)9(14)10(21-13)12(19)15-2/h6-7,16H,4-5,14H2,1-3H3,(H,15,19). The van der Waals surface area contributed by atoms with E-state index in [9.17, 15) is 4.79 Å². The number of thiophene rings is 1. The number of aryl methyl sites for hydroxylation is 1. The smallest absolute Gasteiger partial charge is 0.263 e. The molecule has 0 aliphatic heterocycles. The van der Waals surface area contributed by atoms with Gasteiger partial charge in [-0.05, 0) is 18.7 Å². The highest BCUT2D eigenvalue weighted by molar-refractivity contribution is 7.99. The molecule has 0 aliphatic carbocycles. The number of aromatic nitrogens is 2. The summed E-state index contributed by atoms with van der Waals surface area (Å²) in [4.78, 5) is 13.3. The van der Waals surface area contributed by atoms with Crippen LogP contribution in [0.1, 0.15) is 15.2 Å². The van der Waals surface area contributed by atoms with Gasteiger partial charge in [0.15, 0.2) is 0 Å². The van der Waals surface area contributed by atoms with Crippen molar-refractivity contribution < 1.29 is 4.79 Å². The molecule has 0 aliphatic rings. The minimum absolute atomic E-state index is 0.149. The zero-order chi connectivity index (χ0) is 15.4. The topological polar surface area (TPSA) is 85.0 Å². The predicted molar refractivity (Wildman–Crippen MR) is 89.4 cm³/mol. The number of rotatable bonds is 6. The van der Waals surface area contributed by atoms with Crippen molar-refractivity contribution in [1.29, 1.82) is 0 Å². The lowest BCUT2D eigenvalue weighted by Crippen LogP contribution is -2.17. The Morgan fingerprint density at radius 3 is 2.90 bits per heavy atom. The zero-order valence-electron chi connectivity index (χ0n) is 12.3. The normalized spacial score (nSPS) is 10.6. The molecule has 114 valence electrons. The van der Waals surface area contributed by atoms with E-state index in [2.05, 4.69) is 15.7 Å². The Bertz CT molecular complexity index is 635. The fraction of sp³-hybridized carbons (Fsp3) is 0.385. The number of carbonyl (C=O) groups excluding carboxylic acids is 1. The van der Waals surface area contributed by atoms with Crippen LogP contribution in [0.2, 0.25) is 0 Å². The first-order chi connectivity index (χ1) is 10.1. The van der Waals surface area contributed by atoms with Crippen LogP contribution in [0.5, 0.6) is 0 Å². The van der Waals surface area contributed by atoms with Crippen LogP contribution in [-0.2, 0) is 6.54 Å². The van der Waals surface area contributed by atoms with Crippen LogP contribution in [0.4, 0.5) is 10.7 Å². The summed E-state index contributed by atoms with van der Waals surface area (Å²) in [6.45, 7) is 3.49. The van der Waals surface area contributed by atoms with Crippen molar-refractivity contribution >= 4 is 39.7 Å². The molecule has 0 saturated carbocycles. The van der Waals surface area contributed by atoms with E-state index in [-0.39, 0.29) is 5.91 Å². The summed E-state index contributed by atoms with van der Waals surface area (Å²) in [7, 11) is 1.60. The van der Waals surface area contributed by atoms with Crippen LogP contribution >= 0.6 is 23.1 Å². The number of nitrogen functional groups attached to an aromatic ring is 1. The highest BCUT2D eigenvalue weighted by Crippen LogP contribution is 2.41. The number of anilines is 2. The van der Waals surface area contributed by atoms with Crippen LogP contribution in [-0.4, -0.2) is 35.5 Å². The quantitative estimate of drug-likeness (QED) is 0.708. The number of thioether (sulfide) groups is 1. The minimum atomic E-state index is -0.149. The summed E-state index contributed by atoms with van der Waals surface area (Å²) < 4.78 is 1.89. The van der Waals surface area contributed by atoms with E-state index < -0.39 is 0 Å². The van der Waals surface area contributed by atoms with Crippen LogP contribution in [0, 0.1) is 6.92 Å². The molecule has 6 nitrogen and oxygen atoms in total. The third-order valence-electron chi connectivity index (χ3n) is 2.93. The fourth-order valence-electron chi connectivity index (χ4n) is 1.90. The first-order valence-electron chi connectivity index (χ1n) is 6.48. The first kappa shape index (κ1) is 15.7.